The van der Waals surface area contributed by atoms with E-state index in [2.05, 4.69) is 33.9 Å². The number of anilines is 1. The Bertz CT molecular complexity index is 1070. The van der Waals surface area contributed by atoms with Gasteiger partial charge in [0.05, 0.1) is 12.2 Å². The van der Waals surface area contributed by atoms with Gasteiger partial charge in [-0.15, -0.1) is 0 Å². The largest absolute Gasteiger partial charge is 0.417 e. The third kappa shape index (κ3) is 7.01. The number of aryl methyl sites for hydroxylation is 1. The zero-order valence-corrected chi connectivity index (χ0v) is 22.6. The van der Waals surface area contributed by atoms with E-state index in [0.717, 1.165) is 17.7 Å². The van der Waals surface area contributed by atoms with Gasteiger partial charge in [-0.3, -0.25) is 9.59 Å². The SMILES string of the molecule is CC(C)(C)[Si](C)(C)OCCCc1cn(Cc2ccc(F)cc2)c(=O)c(N2CCC(C(N)=O)CC2)n1. The molecule has 1 saturated heterocycles. The second-order valence-corrected chi connectivity index (χ2v) is 15.8. The number of amides is 1. The summed E-state index contributed by atoms with van der Waals surface area (Å²) >= 11 is 0. The highest BCUT2D eigenvalue weighted by atomic mass is 28.4. The lowest BCUT2D eigenvalue weighted by Crippen LogP contribution is -2.42. The summed E-state index contributed by atoms with van der Waals surface area (Å²) in [6.45, 7) is 13.2. The minimum absolute atomic E-state index is 0.151. The maximum Gasteiger partial charge on any atom is 0.293 e. The van der Waals surface area contributed by atoms with E-state index in [0.29, 0.717) is 51.3 Å². The molecule has 1 aliphatic rings. The van der Waals surface area contributed by atoms with Gasteiger partial charge < -0.3 is 19.6 Å². The summed E-state index contributed by atoms with van der Waals surface area (Å²) in [5.74, 6) is -0.362. The number of halogens is 1. The van der Waals surface area contributed by atoms with Gasteiger partial charge in [0.2, 0.25) is 5.91 Å². The van der Waals surface area contributed by atoms with E-state index < -0.39 is 8.32 Å². The average molecular weight is 503 g/mol. The molecule has 35 heavy (non-hydrogen) atoms. The molecule has 1 aromatic heterocycles. The predicted octanol–water partition coefficient (Wildman–Crippen LogP) is 4.09. The van der Waals surface area contributed by atoms with Crippen LogP contribution in [-0.4, -0.2) is 43.5 Å². The molecule has 2 aromatic rings. The van der Waals surface area contributed by atoms with Crippen molar-refractivity contribution in [3.8, 4) is 0 Å². The van der Waals surface area contributed by atoms with Gasteiger partial charge in [0, 0.05) is 31.8 Å². The van der Waals surface area contributed by atoms with Crippen LogP contribution in [0.3, 0.4) is 0 Å². The average Bonchev–Trinajstić information content (AvgIpc) is 2.79. The van der Waals surface area contributed by atoms with Crippen molar-refractivity contribution in [3.63, 3.8) is 0 Å². The van der Waals surface area contributed by atoms with Crippen LogP contribution in [0.15, 0.2) is 35.3 Å². The molecule has 0 saturated carbocycles. The van der Waals surface area contributed by atoms with Gasteiger partial charge in [-0.1, -0.05) is 32.9 Å². The molecule has 1 fully saturated rings. The monoisotopic (exact) mass is 502 g/mol. The van der Waals surface area contributed by atoms with E-state index in [1.165, 1.54) is 12.1 Å². The topological polar surface area (TPSA) is 90.5 Å². The fourth-order valence-electron chi connectivity index (χ4n) is 3.98. The molecule has 0 atom stereocenters. The van der Waals surface area contributed by atoms with Crippen molar-refractivity contribution in [3.05, 3.63) is 57.9 Å². The second-order valence-electron chi connectivity index (χ2n) is 11.0. The third-order valence-electron chi connectivity index (χ3n) is 7.32. The Labute approximate surface area is 208 Å². The van der Waals surface area contributed by atoms with Gasteiger partial charge in [-0.05, 0) is 61.5 Å². The summed E-state index contributed by atoms with van der Waals surface area (Å²) in [4.78, 5) is 31.6. The number of carbonyl (C=O) groups excluding carboxylic acids is 1. The number of benzene rings is 1. The fourth-order valence-corrected chi connectivity index (χ4v) is 5.07. The summed E-state index contributed by atoms with van der Waals surface area (Å²) in [6.07, 6.45) is 4.51. The van der Waals surface area contributed by atoms with E-state index in [1.54, 1.807) is 22.9 Å². The van der Waals surface area contributed by atoms with Gasteiger partial charge >= 0.3 is 0 Å². The highest BCUT2D eigenvalue weighted by Crippen LogP contribution is 2.36. The van der Waals surface area contributed by atoms with Crippen molar-refractivity contribution in [2.24, 2.45) is 11.7 Å². The third-order valence-corrected chi connectivity index (χ3v) is 11.9. The van der Waals surface area contributed by atoms with Crippen LogP contribution >= 0.6 is 0 Å². The first-order valence-corrected chi connectivity index (χ1v) is 15.3. The molecule has 0 bridgehead atoms. The number of primary amides is 1. The van der Waals surface area contributed by atoms with Gasteiger partial charge in [0.15, 0.2) is 14.1 Å². The Kier molecular flexibility index (Phi) is 8.53. The first-order valence-electron chi connectivity index (χ1n) is 12.4. The van der Waals surface area contributed by atoms with Crippen LogP contribution in [0.2, 0.25) is 18.1 Å². The standard InChI is InChI=1S/C26H39FN4O3Si/c1-26(2,3)35(4,5)34-16-6-7-22-18-31(17-19-8-10-21(27)11-9-19)25(33)24(29-22)30-14-12-20(13-15-30)23(28)32/h8-11,18,20H,6-7,12-17H2,1-5H3,(H2,28,32). The predicted molar refractivity (Wildman–Crippen MR) is 140 cm³/mol. The van der Waals surface area contributed by atoms with Crippen LogP contribution in [0.25, 0.3) is 0 Å². The number of hydrogen-bond acceptors (Lipinski definition) is 5. The summed E-state index contributed by atoms with van der Waals surface area (Å²) in [5, 5.41) is 0.151. The normalized spacial score (nSPS) is 15.4. The molecule has 0 aliphatic carbocycles. The lowest BCUT2D eigenvalue weighted by atomic mass is 9.96. The summed E-state index contributed by atoms with van der Waals surface area (Å²) in [7, 11) is -1.82. The molecular weight excluding hydrogens is 463 g/mol. The van der Waals surface area contributed by atoms with E-state index in [9.17, 15) is 14.0 Å². The summed E-state index contributed by atoms with van der Waals surface area (Å²) in [6, 6.07) is 6.17. The molecule has 1 aromatic carbocycles. The van der Waals surface area contributed by atoms with E-state index in [4.69, 9.17) is 15.1 Å². The first kappa shape index (κ1) is 27.1. The maximum absolute atomic E-state index is 13.4. The van der Waals surface area contributed by atoms with Crippen LogP contribution in [0.4, 0.5) is 10.2 Å². The lowest BCUT2D eigenvalue weighted by molar-refractivity contribution is -0.122. The lowest BCUT2D eigenvalue weighted by Gasteiger charge is -2.36. The Balaban J connectivity index is 1.80. The molecule has 0 spiro atoms. The summed E-state index contributed by atoms with van der Waals surface area (Å²) in [5.41, 5.74) is 6.95. The van der Waals surface area contributed by atoms with Crippen molar-refractivity contribution in [2.75, 3.05) is 24.6 Å². The zero-order valence-electron chi connectivity index (χ0n) is 21.6. The van der Waals surface area contributed by atoms with Crippen LogP contribution in [-0.2, 0) is 22.2 Å². The van der Waals surface area contributed by atoms with Gasteiger partial charge in [0.25, 0.3) is 5.56 Å². The van der Waals surface area contributed by atoms with Crippen molar-refractivity contribution >= 4 is 20.0 Å². The molecule has 0 radical (unpaired) electrons. The van der Waals surface area contributed by atoms with E-state index >= 15 is 0 Å². The van der Waals surface area contributed by atoms with E-state index in [1.807, 2.05) is 4.90 Å². The molecule has 7 nitrogen and oxygen atoms in total. The Morgan fingerprint density at radius 3 is 2.40 bits per heavy atom. The molecule has 1 amide bonds. The molecule has 2 heterocycles. The molecular formula is C26H39FN4O3Si. The molecule has 3 rings (SSSR count). The van der Waals surface area contributed by atoms with Crippen LogP contribution in [0, 0.1) is 11.7 Å². The Hall–Kier alpha value is -2.52. The Morgan fingerprint density at radius 2 is 1.83 bits per heavy atom. The van der Waals surface area contributed by atoms with Crippen LogP contribution < -0.4 is 16.2 Å². The first-order chi connectivity index (χ1) is 16.4. The van der Waals surface area contributed by atoms with Crippen LogP contribution in [0.1, 0.15) is 51.3 Å². The highest BCUT2D eigenvalue weighted by molar-refractivity contribution is 6.74. The number of piperidine rings is 1. The van der Waals surface area contributed by atoms with Crippen LogP contribution in [0.5, 0.6) is 0 Å². The van der Waals surface area contributed by atoms with Gasteiger partial charge in [-0.25, -0.2) is 9.37 Å². The number of nitrogens with two attached hydrogens (primary N) is 1. The van der Waals surface area contributed by atoms with Crippen molar-refractivity contribution in [1.29, 1.82) is 0 Å². The summed E-state index contributed by atoms with van der Waals surface area (Å²) < 4.78 is 21.3. The minimum atomic E-state index is -1.82. The Morgan fingerprint density at radius 1 is 1.20 bits per heavy atom. The van der Waals surface area contributed by atoms with Gasteiger partial charge in [0.1, 0.15) is 5.82 Å². The van der Waals surface area contributed by atoms with E-state index in [-0.39, 0.29) is 28.2 Å². The quantitative estimate of drug-likeness (QED) is 0.412. The molecule has 192 valence electrons. The molecule has 0 unspecified atom stereocenters. The number of aromatic nitrogens is 2. The number of hydrogen-bond donors (Lipinski definition) is 1. The van der Waals surface area contributed by atoms with Crippen molar-refractivity contribution in [2.45, 2.75) is 71.1 Å². The van der Waals surface area contributed by atoms with Gasteiger partial charge in [-0.2, -0.15) is 0 Å². The zero-order chi connectivity index (χ0) is 25.8. The molecule has 9 heteroatoms. The number of rotatable bonds is 9. The second kappa shape index (κ2) is 11.0. The minimum Gasteiger partial charge on any atom is -0.417 e. The number of carbonyl (C=O) groups is 1. The molecule has 2 N–H and O–H groups in total. The van der Waals surface area contributed by atoms with Crippen molar-refractivity contribution in [1.82, 2.24) is 9.55 Å². The fraction of sp³-hybridized carbons (Fsp3) is 0.577. The maximum atomic E-state index is 13.4. The van der Waals surface area contributed by atoms with Crippen molar-refractivity contribution < 1.29 is 13.6 Å². The number of nitrogens with zero attached hydrogens (tertiary/aromatic N) is 3. The molecule has 1 aliphatic heterocycles. The smallest absolute Gasteiger partial charge is 0.293 e. The highest BCUT2D eigenvalue weighted by Gasteiger charge is 2.36.